The van der Waals surface area contributed by atoms with Crippen LogP contribution in [0.15, 0.2) is 0 Å². The number of fused-ring (bicyclic) bond motifs is 1. The van der Waals surface area contributed by atoms with Crippen LogP contribution >= 0.6 is 0 Å². The van der Waals surface area contributed by atoms with E-state index in [1.54, 1.807) is 0 Å². The van der Waals surface area contributed by atoms with E-state index in [4.69, 9.17) is 0 Å². The zero-order valence-corrected chi connectivity index (χ0v) is 12.1. The molecule has 0 spiro atoms. The number of carbonyl (C=O) groups excluding carboxylic acids is 1. The van der Waals surface area contributed by atoms with E-state index in [0.717, 1.165) is 19.6 Å². The SMILES string of the molecule is CC1CN2CCCCC2CN1C(=O)CCNC1CC1. The van der Waals surface area contributed by atoms with Crippen molar-refractivity contribution in [3.8, 4) is 0 Å². The number of amides is 1. The van der Waals surface area contributed by atoms with E-state index < -0.39 is 0 Å². The molecule has 0 aromatic heterocycles. The molecular weight excluding hydrogens is 238 g/mol. The largest absolute Gasteiger partial charge is 0.337 e. The highest BCUT2D eigenvalue weighted by molar-refractivity contribution is 5.77. The molecule has 19 heavy (non-hydrogen) atoms. The van der Waals surface area contributed by atoms with Gasteiger partial charge in [0, 0.05) is 44.2 Å². The quantitative estimate of drug-likeness (QED) is 0.830. The second-order valence-corrected chi connectivity index (χ2v) is 6.52. The summed E-state index contributed by atoms with van der Waals surface area (Å²) in [5.74, 6) is 0.353. The van der Waals surface area contributed by atoms with Gasteiger partial charge in [0.25, 0.3) is 0 Å². The summed E-state index contributed by atoms with van der Waals surface area (Å²) in [4.78, 5) is 17.1. The number of nitrogens with zero attached hydrogens (tertiary/aromatic N) is 2. The summed E-state index contributed by atoms with van der Waals surface area (Å²) in [5, 5.41) is 3.44. The highest BCUT2D eigenvalue weighted by Crippen LogP contribution is 2.24. The normalized spacial score (nSPS) is 32.2. The Morgan fingerprint density at radius 1 is 1.21 bits per heavy atom. The number of piperazine rings is 1. The highest BCUT2D eigenvalue weighted by atomic mass is 16.2. The number of piperidine rings is 1. The molecule has 108 valence electrons. The molecule has 3 rings (SSSR count). The first kappa shape index (κ1) is 13.4. The van der Waals surface area contributed by atoms with Gasteiger partial charge in [0.2, 0.25) is 5.91 Å². The fourth-order valence-electron chi connectivity index (χ4n) is 3.51. The molecule has 2 atom stereocenters. The van der Waals surface area contributed by atoms with E-state index in [9.17, 15) is 4.79 Å². The van der Waals surface area contributed by atoms with Gasteiger partial charge in [-0.05, 0) is 39.2 Å². The predicted octanol–water partition coefficient (Wildman–Crippen LogP) is 1.21. The monoisotopic (exact) mass is 265 g/mol. The van der Waals surface area contributed by atoms with Gasteiger partial charge in [-0.3, -0.25) is 9.69 Å². The molecule has 3 fully saturated rings. The van der Waals surface area contributed by atoms with Crippen molar-refractivity contribution in [1.82, 2.24) is 15.1 Å². The minimum atomic E-state index is 0.353. The maximum absolute atomic E-state index is 12.4. The van der Waals surface area contributed by atoms with Crippen LogP contribution in [0.2, 0.25) is 0 Å². The molecule has 0 aromatic carbocycles. The predicted molar refractivity (Wildman–Crippen MR) is 76.0 cm³/mol. The van der Waals surface area contributed by atoms with Crippen molar-refractivity contribution in [2.24, 2.45) is 0 Å². The van der Waals surface area contributed by atoms with Crippen LogP contribution in [0.3, 0.4) is 0 Å². The van der Waals surface area contributed by atoms with E-state index in [2.05, 4.69) is 22.0 Å². The van der Waals surface area contributed by atoms with Crippen molar-refractivity contribution in [3.05, 3.63) is 0 Å². The van der Waals surface area contributed by atoms with Crippen LogP contribution in [0.1, 0.15) is 45.4 Å². The van der Waals surface area contributed by atoms with Gasteiger partial charge in [0.05, 0.1) is 0 Å². The maximum atomic E-state index is 12.4. The fraction of sp³-hybridized carbons (Fsp3) is 0.933. The number of nitrogens with one attached hydrogen (secondary N) is 1. The Balaban J connectivity index is 1.49. The van der Waals surface area contributed by atoms with Gasteiger partial charge in [-0.25, -0.2) is 0 Å². The molecule has 0 bridgehead atoms. The van der Waals surface area contributed by atoms with Crippen molar-refractivity contribution in [2.45, 2.75) is 63.6 Å². The van der Waals surface area contributed by atoms with Crippen LogP contribution in [0.5, 0.6) is 0 Å². The lowest BCUT2D eigenvalue weighted by Gasteiger charge is -2.47. The Kier molecular flexibility index (Phi) is 4.08. The standard InChI is InChI=1S/C15H27N3O/c1-12-10-17-9-3-2-4-14(17)11-18(12)15(19)7-8-16-13-5-6-13/h12-14,16H,2-11H2,1H3. The number of hydrogen-bond acceptors (Lipinski definition) is 3. The summed E-state index contributed by atoms with van der Waals surface area (Å²) in [6.45, 7) is 6.34. The van der Waals surface area contributed by atoms with E-state index in [0.29, 0.717) is 30.5 Å². The molecule has 2 unspecified atom stereocenters. The summed E-state index contributed by atoms with van der Waals surface area (Å²) < 4.78 is 0. The van der Waals surface area contributed by atoms with E-state index in [1.165, 1.54) is 38.6 Å². The Morgan fingerprint density at radius 3 is 2.84 bits per heavy atom. The average molecular weight is 265 g/mol. The van der Waals surface area contributed by atoms with Gasteiger partial charge in [0.1, 0.15) is 0 Å². The van der Waals surface area contributed by atoms with E-state index in [1.807, 2.05) is 0 Å². The minimum absolute atomic E-state index is 0.353. The zero-order valence-electron chi connectivity index (χ0n) is 12.1. The van der Waals surface area contributed by atoms with E-state index in [-0.39, 0.29) is 0 Å². The Labute approximate surface area is 116 Å². The third kappa shape index (κ3) is 3.29. The molecule has 2 saturated heterocycles. The van der Waals surface area contributed by atoms with E-state index >= 15 is 0 Å². The molecule has 0 radical (unpaired) electrons. The topological polar surface area (TPSA) is 35.6 Å². The molecule has 2 aliphatic heterocycles. The number of hydrogen-bond donors (Lipinski definition) is 1. The van der Waals surface area contributed by atoms with Crippen molar-refractivity contribution in [2.75, 3.05) is 26.2 Å². The van der Waals surface area contributed by atoms with Crippen molar-refractivity contribution in [1.29, 1.82) is 0 Å². The zero-order chi connectivity index (χ0) is 13.2. The van der Waals surface area contributed by atoms with Gasteiger partial charge < -0.3 is 10.2 Å². The first-order valence-electron chi connectivity index (χ1n) is 8.01. The third-order valence-corrected chi connectivity index (χ3v) is 4.86. The second kappa shape index (κ2) is 5.80. The molecule has 3 aliphatic rings. The van der Waals surface area contributed by atoms with Gasteiger partial charge in [-0.15, -0.1) is 0 Å². The van der Waals surface area contributed by atoms with Gasteiger partial charge >= 0.3 is 0 Å². The lowest BCUT2D eigenvalue weighted by atomic mass is 9.97. The van der Waals surface area contributed by atoms with Crippen LogP contribution in [0.25, 0.3) is 0 Å². The Hall–Kier alpha value is -0.610. The number of rotatable bonds is 4. The Bertz CT molecular complexity index is 329. The second-order valence-electron chi connectivity index (χ2n) is 6.52. The summed E-state index contributed by atoms with van der Waals surface area (Å²) in [7, 11) is 0. The van der Waals surface area contributed by atoms with Gasteiger partial charge in [-0.2, -0.15) is 0 Å². The summed E-state index contributed by atoms with van der Waals surface area (Å²) in [5.41, 5.74) is 0. The lowest BCUT2D eigenvalue weighted by molar-refractivity contribution is -0.138. The summed E-state index contributed by atoms with van der Waals surface area (Å²) in [6.07, 6.45) is 7.21. The van der Waals surface area contributed by atoms with Gasteiger partial charge in [0.15, 0.2) is 0 Å². The van der Waals surface area contributed by atoms with Crippen molar-refractivity contribution >= 4 is 5.91 Å². The average Bonchev–Trinajstić information content (AvgIpc) is 3.22. The van der Waals surface area contributed by atoms with Crippen molar-refractivity contribution in [3.63, 3.8) is 0 Å². The molecule has 1 amide bonds. The first-order valence-corrected chi connectivity index (χ1v) is 8.01. The Morgan fingerprint density at radius 2 is 2.05 bits per heavy atom. The summed E-state index contributed by atoms with van der Waals surface area (Å²) in [6, 6.07) is 1.73. The highest BCUT2D eigenvalue weighted by Gasteiger charge is 2.34. The van der Waals surface area contributed by atoms with Gasteiger partial charge in [-0.1, -0.05) is 6.42 Å². The maximum Gasteiger partial charge on any atom is 0.224 e. The van der Waals surface area contributed by atoms with Crippen LogP contribution in [-0.4, -0.2) is 60.0 Å². The molecule has 0 aromatic rings. The molecule has 1 N–H and O–H groups in total. The number of carbonyl (C=O) groups is 1. The summed E-state index contributed by atoms with van der Waals surface area (Å²) >= 11 is 0. The molecule has 1 saturated carbocycles. The molecular formula is C15H27N3O. The molecule has 1 aliphatic carbocycles. The fourth-order valence-corrected chi connectivity index (χ4v) is 3.51. The van der Waals surface area contributed by atoms with Crippen LogP contribution in [0.4, 0.5) is 0 Å². The minimum Gasteiger partial charge on any atom is -0.337 e. The molecule has 2 heterocycles. The van der Waals surface area contributed by atoms with Crippen LogP contribution < -0.4 is 5.32 Å². The van der Waals surface area contributed by atoms with Crippen molar-refractivity contribution < 1.29 is 4.79 Å². The molecule has 4 heteroatoms. The third-order valence-electron chi connectivity index (χ3n) is 4.86. The van der Waals surface area contributed by atoms with Crippen LogP contribution in [0, 0.1) is 0 Å². The van der Waals surface area contributed by atoms with Crippen LogP contribution in [-0.2, 0) is 4.79 Å². The first-order chi connectivity index (χ1) is 9.24. The lowest BCUT2D eigenvalue weighted by Crippen LogP contribution is -2.60. The molecule has 4 nitrogen and oxygen atoms in total. The smallest absolute Gasteiger partial charge is 0.224 e.